The van der Waals surface area contributed by atoms with Gasteiger partial charge in [-0.3, -0.25) is 9.48 Å². The predicted molar refractivity (Wildman–Crippen MR) is 74.0 cm³/mol. The largest absolute Gasteiger partial charge is 0.319 e. The molecule has 106 valence electrons. The lowest BCUT2D eigenvalue weighted by Crippen LogP contribution is -2.17. The number of carbonyl (C=O) groups is 1. The molecule has 7 nitrogen and oxygen atoms in total. The molecule has 3 N–H and O–H groups in total. The van der Waals surface area contributed by atoms with Gasteiger partial charge in [-0.05, 0) is 24.3 Å². The van der Waals surface area contributed by atoms with Crippen molar-refractivity contribution in [3.05, 3.63) is 41.2 Å². The molecule has 9 heteroatoms. The van der Waals surface area contributed by atoms with Crippen LogP contribution in [0.1, 0.15) is 10.5 Å². The zero-order chi connectivity index (χ0) is 14.9. The number of benzene rings is 1. The zero-order valence-electron chi connectivity index (χ0n) is 10.4. The van der Waals surface area contributed by atoms with Gasteiger partial charge < -0.3 is 5.32 Å². The number of nitrogens with one attached hydrogen (secondary N) is 1. The highest BCUT2D eigenvalue weighted by molar-refractivity contribution is 7.89. The Bertz CT molecular complexity index is 770. The van der Waals surface area contributed by atoms with E-state index in [1.54, 1.807) is 7.05 Å². The molecule has 1 aromatic carbocycles. The topological polar surface area (TPSA) is 107 Å². The van der Waals surface area contributed by atoms with Crippen molar-refractivity contribution in [1.29, 1.82) is 0 Å². The van der Waals surface area contributed by atoms with E-state index in [4.69, 9.17) is 16.7 Å². The van der Waals surface area contributed by atoms with Gasteiger partial charge in [0.2, 0.25) is 10.0 Å². The highest BCUT2D eigenvalue weighted by Gasteiger charge is 2.15. The lowest BCUT2D eigenvalue weighted by Gasteiger charge is -2.09. The number of aromatic nitrogens is 2. The smallest absolute Gasteiger partial charge is 0.273 e. The van der Waals surface area contributed by atoms with Crippen LogP contribution in [0.25, 0.3) is 0 Å². The van der Waals surface area contributed by atoms with E-state index < -0.39 is 15.9 Å². The molecule has 0 aliphatic carbocycles. The molecule has 2 aromatic rings. The highest BCUT2D eigenvalue weighted by atomic mass is 35.5. The summed E-state index contributed by atoms with van der Waals surface area (Å²) in [6.07, 6.45) is 1.47. The van der Waals surface area contributed by atoms with Gasteiger partial charge >= 0.3 is 0 Å². The number of sulfonamides is 1. The van der Waals surface area contributed by atoms with Crippen molar-refractivity contribution in [2.75, 3.05) is 5.32 Å². The summed E-state index contributed by atoms with van der Waals surface area (Å²) in [6.45, 7) is 0. The van der Waals surface area contributed by atoms with Crippen LogP contribution in [0.4, 0.5) is 5.69 Å². The van der Waals surface area contributed by atoms with E-state index in [-0.39, 0.29) is 15.6 Å². The van der Waals surface area contributed by atoms with Crippen molar-refractivity contribution in [3.63, 3.8) is 0 Å². The average Bonchev–Trinajstić information content (AvgIpc) is 2.77. The molecule has 1 heterocycles. The third kappa shape index (κ3) is 2.98. The summed E-state index contributed by atoms with van der Waals surface area (Å²) in [7, 11) is -2.26. The molecule has 0 aliphatic heterocycles. The molecule has 20 heavy (non-hydrogen) atoms. The minimum Gasteiger partial charge on any atom is -0.319 e. The molecular formula is C11H11ClN4O3S. The second-order valence-corrected chi connectivity index (χ2v) is 5.95. The number of rotatable bonds is 3. The molecule has 0 atom stereocenters. The van der Waals surface area contributed by atoms with E-state index in [9.17, 15) is 13.2 Å². The summed E-state index contributed by atoms with van der Waals surface area (Å²) >= 11 is 5.92. The van der Waals surface area contributed by atoms with Crippen molar-refractivity contribution in [2.24, 2.45) is 12.2 Å². The average molecular weight is 315 g/mol. The first-order chi connectivity index (χ1) is 9.29. The Labute approximate surface area is 120 Å². The number of aryl methyl sites for hydroxylation is 1. The van der Waals surface area contributed by atoms with Crippen LogP contribution >= 0.6 is 11.6 Å². The first-order valence-electron chi connectivity index (χ1n) is 5.41. The molecule has 1 aromatic heterocycles. The van der Waals surface area contributed by atoms with Gasteiger partial charge in [0.25, 0.3) is 5.91 Å². The van der Waals surface area contributed by atoms with Gasteiger partial charge in [0.05, 0.1) is 15.6 Å². The van der Waals surface area contributed by atoms with Gasteiger partial charge in [-0.25, -0.2) is 13.6 Å². The Morgan fingerprint density at radius 1 is 1.40 bits per heavy atom. The van der Waals surface area contributed by atoms with Crippen molar-refractivity contribution < 1.29 is 13.2 Å². The van der Waals surface area contributed by atoms with Crippen molar-refractivity contribution in [2.45, 2.75) is 4.90 Å². The quantitative estimate of drug-likeness (QED) is 0.880. The summed E-state index contributed by atoms with van der Waals surface area (Å²) in [5.41, 5.74) is 0.464. The maximum absolute atomic E-state index is 12.0. The first-order valence-corrected chi connectivity index (χ1v) is 7.33. The molecule has 0 unspecified atom stereocenters. The van der Waals surface area contributed by atoms with Crippen LogP contribution in [-0.4, -0.2) is 24.1 Å². The molecule has 0 aliphatic rings. The molecule has 2 rings (SSSR count). The maximum atomic E-state index is 12.0. The van der Waals surface area contributed by atoms with Gasteiger partial charge in [-0.1, -0.05) is 11.6 Å². The van der Waals surface area contributed by atoms with Crippen molar-refractivity contribution >= 4 is 33.2 Å². The molecule has 0 saturated heterocycles. The van der Waals surface area contributed by atoms with Crippen LogP contribution in [0.15, 0.2) is 35.4 Å². The van der Waals surface area contributed by atoms with Gasteiger partial charge in [-0.2, -0.15) is 5.10 Å². The van der Waals surface area contributed by atoms with Gasteiger partial charge in [0.15, 0.2) is 0 Å². The first kappa shape index (κ1) is 14.5. The zero-order valence-corrected chi connectivity index (χ0v) is 11.9. The highest BCUT2D eigenvalue weighted by Crippen LogP contribution is 2.25. The molecule has 0 bridgehead atoms. The standard InChI is InChI=1S/C11H11ClN4O3S/c1-16-10(4-5-14-16)11(17)15-9-6-7(20(13,18)19)2-3-8(9)12/h2-6H,1H3,(H,15,17)(H2,13,18,19). The van der Waals surface area contributed by atoms with Crippen LogP contribution in [0.2, 0.25) is 5.02 Å². The normalized spacial score (nSPS) is 11.3. The molecule has 1 amide bonds. The van der Waals surface area contributed by atoms with E-state index in [1.165, 1.54) is 35.1 Å². The van der Waals surface area contributed by atoms with E-state index in [2.05, 4.69) is 10.4 Å². The SMILES string of the molecule is Cn1nccc1C(=O)Nc1cc(S(N)(=O)=O)ccc1Cl. The fourth-order valence-corrected chi connectivity index (χ4v) is 2.26. The monoisotopic (exact) mass is 314 g/mol. The summed E-state index contributed by atoms with van der Waals surface area (Å²) in [5.74, 6) is -0.460. The molecule has 0 saturated carbocycles. The molecule has 0 radical (unpaired) electrons. The van der Waals surface area contributed by atoms with Crippen LogP contribution in [0.3, 0.4) is 0 Å². The van der Waals surface area contributed by atoms with E-state index in [1.807, 2.05) is 0 Å². The molecular weight excluding hydrogens is 304 g/mol. The van der Waals surface area contributed by atoms with E-state index in [0.717, 1.165) is 0 Å². The minimum atomic E-state index is -3.87. The Balaban J connectivity index is 2.34. The summed E-state index contributed by atoms with van der Waals surface area (Å²) in [6, 6.07) is 5.33. The number of nitrogens with two attached hydrogens (primary N) is 1. The Hall–Kier alpha value is -1.90. The van der Waals surface area contributed by atoms with Crippen LogP contribution in [-0.2, 0) is 17.1 Å². The number of carbonyl (C=O) groups excluding carboxylic acids is 1. The van der Waals surface area contributed by atoms with Crippen LogP contribution in [0.5, 0.6) is 0 Å². The minimum absolute atomic E-state index is 0.137. The van der Waals surface area contributed by atoms with Crippen molar-refractivity contribution in [1.82, 2.24) is 9.78 Å². The number of anilines is 1. The Morgan fingerprint density at radius 3 is 2.65 bits per heavy atom. The Kier molecular flexibility index (Phi) is 3.80. The van der Waals surface area contributed by atoms with Crippen molar-refractivity contribution in [3.8, 4) is 0 Å². The fourth-order valence-electron chi connectivity index (χ4n) is 1.56. The van der Waals surface area contributed by atoms with Crippen LogP contribution in [0, 0.1) is 0 Å². The number of nitrogens with zero attached hydrogens (tertiary/aromatic N) is 2. The number of halogens is 1. The number of hydrogen-bond acceptors (Lipinski definition) is 4. The number of primary sulfonamides is 1. The second-order valence-electron chi connectivity index (χ2n) is 3.98. The maximum Gasteiger partial charge on any atom is 0.273 e. The van der Waals surface area contributed by atoms with Gasteiger partial charge in [-0.15, -0.1) is 0 Å². The third-order valence-corrected chi connectivity index (χ3v) is 3.81. The summed E-state index contributed by atoms with van der Waals surface area (Å²) in [4.78, 5) is 11.9. The molecule has 0 spiro atoms. The van der Waals surface area contributed by atoms with Crippen LogP contribution < -0.4 is 10.5 Å². The fraction of sp³-hybridized carbons (Fsp3) is 0.0909. The summed E-state index contributed by atoms with van der Waals surface area (Å²) < 4.78 is 23.9. The molecule has 0 fully saturated rings. The van der Waals surface area contributed by atoms with E-state index in [0.29, 0.717) is 5.69 Å². The third-order valence-electron chi connectivity index (χ3n) is 2.57. The Morgan fingerprint density at radius 2 is 2.10 bits per heavy atom. The van der Waals surface area contributed by atoms with Gasteiger partial charge in [0.1, 0.15) is 5.69 Å². The summed E-state index contributed by atoms with van der Waals surface area (Å²) in [5, 5.41) is 11.6. The predicted octanol–water partition coefficient (Wildman–Crippen LogP) is 0.973. The lowest BCUT2D eigenvalue weighted by molar-refractivity contribution is 0.101. The lowest BCUT2D eigenvalue weighted by atomic mass is 10.3. The number of hydrogen-bond donors (Lipinski definition) is 2. The second kappa shape index (κ2) is 5.23. The van der Waals surface area contributed by atoms with E-state index >= 15 is 0 Å². The van der Waals surface area contributed by atoms with Gasteiger partial charge in [0, 0.05) is 13.2 Å². The number of amides is 1.